The Labute approximate surface area is 121 Å². The maximum Gasteiger partial charge on any atom is 0.121 e. The molecule has 1 fully saturated rings. The first-order valence-corrected chi connectivity index (χ1v) is 7.89. The number of hydrogen-bond acceptors (Lipinski definition) is 2. The lowest BCUT2D eigenvalue weighted by Crippen LogP contribution is -2.43. The van der Waals surface area contributed by atoms with Gasteiger partial charge < -0.3 is 9.84 Å². The molecule has 1 N–H and O–H groups in total. The van der Waals surface area contributed by atoms with Crippen molar-refractivity contribution < 1.29 is 9.84 Å². The zero-order valence-electron chi connectivity index (χ0n) is 12.1. The highest BCUT2D eigenvalue weighted by Crippen LogP contribution is 2.44. The Morgan fingerprint density at radius 1 is 1.00 bits per heavy atom. The maximum absolute atomic E-state index is 11.0. The molecule has 1 heterocycles. The first-order chi connectivity index (χ1) is 9.83. The second-order valence-corrected chi connectivity index (χ2v) is 6.08. The molecule has 1 atom stereocenters. The molecule has 0 spiro atoms. The zero-order valence-corrected chi connectivity index (χ0v) is 12.1. The number of aliphatic hydroxyl groups excluding tert-OH is 1. The predicted molar refractivity (Wildman–Crippen MR) is 80.5 cm³/mol. The first kappa shape index (κ1) is 13.7. The highest BCUT2D eigenvalue weighted by molar-refractivity contribution is 5.31. The summed E-state index contributed by atoms with van der Waals surface area (Å²) in [7, 11) is 0. The standard InChI is InChI=1S/C18H24O2/c19-17(16-11-5-8-14-20-16)18(12-6-2-7-13-18)15-9-3-1-4-10-15/h1,3-4,9-11,17,19H,2,5-8,12-14H2. The van der Waals surface area contributed by atoms with Gasteiger partial charge in [0.05, 0.1) is 6.61 Å². The van der Waals surface area contributed by atoms with E-state index in [2.05, 4.69) is 30.3 Å². The summed E-state index contributed by atoms with van der Waals surface area (Å²) in [6.07, 6.45) is 9.46. The van der Waals surface area contributed by atoms with E-state index in [1.165, 1.54) is 24.8 Å². The van der Waals surface area contributed by atoms with Crippen molar-refractivity contribution in [3.63, 3.8) is 0 Å². The molecule has 0 radical (unpaired) electrons. The average Bonchev–Trinajstić information content (AvgIpc) is 2.56. The van der Waals surface area contributed by atoms with Crippen LogP contribution < -0.4 is 0 Å². The molecule has 0 saturated heterocycles. The Kier molecular flexibility index (Phi) is 4.11. The van der Waals surface area contributed by atoms with Gasteiger partial charge in [-0.3, -0.25) is 0 Å². The third-order valence-corrected chi connectivity index (χ3v) is 4.85. The van der Waals surface area contributed by atoms with Crippen LogP contribution in [-0.4, -0.2) is 17.8 Å². The zero-order chi connectivity index (χ0) is 13.8. The quantitative estimate of drug-likeness (QED) is 0.903. The molecule has 0 amide bonds. The molecule has 1 aromatic carbocycles. The fourth-order valence-corrected chi connectivity index (χ4v) is 3.71. The molecular weight excluding hydrogens is 248 g/mol. The van der Waals surface area contributed by atoms with E-state index in [0.717, 1.165) is 38.0 Å². The largest absolute Gasteiger partial charge is 0.495 e. The van der Waals surface area contributed by atoms with Crippen LogP contribution >= 0.6 is 0 Å². The van der Waals surface area contributed by atoms with Gasteiger partial charge in [-0.25, -0.2) is 0 Å². The molecule has 0 bridgehead atoms. The number of benzene rings is 1. The summed E-state index contributed by atoms with van der Waals surface area (Å²) < 4.78 is 5.75. The molecule has 2 nitrogen and oxygen atoms in total. The molecule has 108 valence electrons. The van der Waals surface area contributed by atoms with E-state index in [1.54, 1.807) is 0 Å². The van der Waals surface area contributed by atoms with E-state index in [1.807, 2.05) is 6.07 Å². The maximum atomic E-state index is 11.0. The van der Waals surface area contributed by atoms with Crippen LogP contribution in [0.3, 0.4) is 0 Å². The summed E-state index contributed by atoms with van der Waals surface area (Å²) in [4.78, 5) is 0. The normalized spacial score (nSPS) is 23.6. The molecule has 1 unspecified atom stereocenters. The average molecular weight is 272 g/mol. The highest BCUT2D eigenvalue weighted by Gasteiger charge is 2.43. The minimum atomic E-state index is -0.495. The van der Waals surface area contributed by atoms with E-state index in [-0.39, 0.29) is 5.41 Å². The van der Waals surface area contributed by atoms with Crippen LogP contribution in [0.15, 0.2) is 42.2 Å². The van der Waals surface area contributed by atoms with E-state index < -0.39 is 6.10 Å². The van der Waals surface area contributed by atoms with E-state index in [0.29, 0.717) is 0 Å². The Hall–Kier alpha value is -1.28. The van der Waals surface area contributed by atoms with Crippen LogP contribution in [0, 0.1) is 0 Å². The van der Waals surface area contributed by atoms with Crippen LogP contribution in [0.1, 0.15) is 50.5 Å². The summed E-state index contributed by atoms with van der Waals surface area (Å²) in [6.45, 7) is 0.744. The summed E-state index contributed by atoms with van der Waals surface area (Å²) in [5.74, 6) is 0.807. The van der Waals surface area contributed by atoms with Crippen molar-refractivity contribution in [1.29, 1.82) is 0 Å². The molecule has 3 rings (SSSR count). The van der Waals surface area contributed by atoms with E-state index in [9.17, 15) is 5.11 Å². The van der Waals surface area contributed by atoms with Crippen molar-refractivity contribution in [2.75, 3.05) is 6.61 Å². The van der Waals surface area contributed by atoms with Gasteiger partial charge in [0, 0.05) is 5.41 Å². The molecule has 20 heavy (non-hydrogen) atoms. The van der Waals surface area contributed by atoms with Crippen molar-refractivity contribution in [2.45, 2.75) is 56.5 Å². The van der Waals surface area contributed by atoms with Crippen LogP contribution in [0.2, 0.25) is 0 Å². The monoisotopic (exact) mass is 272 g/mol. The van der Waals surface area contributed by atoms with Gasteiger partial charge in [-0.2, -0.15) is 0 Å². The van der Waals surface area contributed by atoms with Gasteiger partial charge in [0.1, 0.15) is 11.9 Å². The summed E-state index contributed by atoms with van der Waals surface area (Å²) in [5, 5.41) is 11.0. The van der Waals surface area contributed by atoms with Gasteiger partial charge in [-0.15, -0.1) is 0 Å². The van der Waals surface area contributed by atoms with Gasteiger partial charge in [0.2, 0.25) is 0 Å². The molecule has 0 aromatic heterocycles. The van der Waals surface area contributed by atoms with E-state index in [4.69, 9.17) is 4.74 Å². The molecular formula is C18H24O2. The molecule has 2 heteroatoms. The van der Waals surface area contributed by atoms with Crippen LogP contribution in [0.25, 0.3) is 0 Å². The van der Waals surface area contributed by atoms with Gasteiger partial charge in [-0.1, -0.05) is 49.6 Å². The van der Waals surface area contributed by atoms with Gasteiger partial charge in [0.25, 0.3) is 0 Å². The van der Waals surface area contributed by atoms with Crippen molar-refractivity contribution in [3.05, 3.63) is 47.7 Å². The Balaban J connectivity index is 1.95. The Morgan fingerprint density at radius 2 is 1.75 bits per heavy atom. The fraction of sp³-hybridized carbons (Fsp3) is 0.556. The molecule has 1 aromatic rings. The Morgan fingerprint density at radius 3 is 2.40 bits per heavy atom. The summed E-state index contributed by atoms with van der Waals surface area (Å²) >= 11 is 0. The lowest BCUT2D eigenvalue weighted by Gasteiger charge is -2.42. The molecule has 1 aliphatic heterocycles. The SMILES string of the molecule is OC(C1=CCCCO1)C1(c2ccccc2)CCCCC1. The van der Waals surface area contributed by atoms with Crippen molar-refractivity contribution >= 4 is 0 Å². The van der Waals surface area contributed by atoms with E-state index >= 15 is 0 Å². The minimum Gasteiger partial charge on any atom is -0.495 e. The topological polar surface area (TPSA) is 29.5 Å². The number of rotatable bonds is 3. The molecule has 2 aliphatic rings. The minimum absolute atomic E-state index is 0.150. The summed E-state index contributed by atoms with van der Waals surface area (Å²) in [6, 6.07) is 10.5. The second-order valence-electron chi connectivity index (χ2n) is 6.08. The van der Waals surface area contributed by atoms with Crippen LogP contribution in [-0.2, 0) is 10.2 Å². The molecule has 1 saturated carbocycles. The fourth-order valence-electron chi connectivity index (χ4n) is 3.71. The number of ether oxygens (including phenoxy) is 1. The Bertz CT molecular complexity index is 458. The first-order valence-electron chi connectivity index (χ1n) is 7.89. The van der Waals surface area contributed by atoms with Crippen LogP contribution in [0.5, 0.6) is 0 Å². The van der Waals surface area contributed by atoms with Gasteiger partial charge in [0.15, 0.2) is 0 Å². The third-order valence-electron chi connectivity index (χ3n) is 4.85. The smallest absolute Gasteiger partial charge is 0.121 e. The number of aliphatic hydroxyl groups is 1. The van der Waals surface area contributed by atoms with Crippen molar-refractivity contribution in [2.24, 2.45) is 0 Å². The number of hydrogen-bond donors (Lipinski definition) is 1. The van der Waals surface area contributed by atoms with Crippen LogP contribution in [0.4, 0.5) is 0 Å². The van der Waals surface area contributed by atoms with Gasteiger partial charge >= 0.3 is 0 Å². The summed E-state index contributed by atoms with van der Waals surface area (Å²) in [5.41, 5.74) is 1.12. The molecule has 1 aliphatic carbocycles. The predicted octanol–water partition coefficient (Wildman–Crippen LogP) is 3.94. The lowest BCUT2D eigenvalue weighted by atomic mass is 9.65. The van der Waals surface area contributed by atoms with Crippen molar-refractivity contribution in [3.8, 4) is 0 Å². The second kappa shape index (κ2) is 6.01. The van der Waals surface area contributed by atoms with Crippen molar-refractivity contribution in [1.82, 2.24) is 0 Å². The lowest BCUT2D eigenvalue weighted by molar-refractivity contribution is 0.0215. The highest BCUT2D eigenvalue weighted by atomic mass is 16.5. The third kappa shape index (κ3) is 2.49. The van der Waals surface area contributed by atoms with Gasteiger partial charge in [-0.05, 0) is 37.3 Å². The number of allylic oxidation sites excluding steroid dienone is 1.